The second kappa shape index (κ2) is 6.76. The summed E-state index contributed by atoms with van der Waals surface area (Å²) in [4.78, 5) is 24.9. The van der Waals surface area contributed by atoms with Gasteiger partial charge < -0.3 is 9.73 Å². The summed E-state index contributed by atoms with van der Waals surface area (Å²) >= 11 is 0. The fraction of sp³-hybridized carbons (Fsp3) is 0.211. The summed E-state index contributed by atoms with van der Waals surface area (Å²) in [5.74, 6) is 0.325. The number of rotatable bonds is 5. The SMILES string of the molecule is CC(C)(C(=O)NCc1ccco1)n1nc(-c2ccccc2)ccc1=O. The van der Waals surface area contributed by atoms with E-state index in [2.05, 4.69) is 10.4 Å². The van der Waals surface area contributed by atoms with Crippen molar-refractivity contribution in [3.63, 3.8) is 0 Å². The molecule has 1 N–H and O–H groups in total. The van der Waals surface area contributed by atoms with Crippen LogP contribution >= 0.6 is 0 Å². The Morgan fingerprint density at radius 3 is 2.56 bits per heavy atom. The van der Waals surface area contributed by atoms with Crippen LogP contribution in [-0.2, 0) is 16.9 Å². The van der Waals surface area contributed by atoms with Crippen LogP contribution in [0.4, 0.5) is 0 Å². The quantitative estimate of drug-likeness (QED) is 0.776. The summed E-state index contributed by atoms with van der Waals surface area (Å²) in [6.45, 7) is 3.57. The minimum atomic E-state index is -1.14. The van der Waals surface area contributed by atoms with Gasteiger partial charge in [-0.25, -0.2) is 4.68 Å². The van der Waals surface area contributed by atoms with Crippen LogP contribution in [0, 0.1) is 0 Å². The number of nitrogens with one attached hydrogen (secondary N) is 1. The van der Waals surface area contributed by atoms with Crippen molar-refractivity contribution in [2.75, 3.05) is 0 Å². The van der Waals surface area contributed by atoms with Crippen molar-refractivity contribution in [3.05, 3.63) is 77.0 Å². The minimum absolute atomic E-state index is 0.252. The molecule has 0 atom stereocenters. The van der Waals surface area contributed by atoms with E-state index >= 15 is 0 Å². The summed E-state index contributed by atoms with van der Waals surface area (Å²) in [7, 11) is 0. The molecule has 0 aliphatic rings. The molecule has 0 aliphatic carbocycles. The number of benzene rings is 1. The largest absolute Gasteiger partial charge is 0.467 e. The summed E-state index contributed by atoms with van der Waals surface area (Å²) in [5, 5.41) is 7.18. The van der Waals surface area contributed by atoms with Crippen LogP contribution in [0.3, 0.4) is 0 Å². The van der Waals surface area contributed by atoms with Crippen molar-refractivity contribution in [1.29, 1.82) is 0 Å². The summed E-state index contributed by atoms with van der Waals surface area (Å²) in [6, 6.07) is 16.1. The smallest absolute Gasteiger partial charge is 0.267 e. The molecule has 0 saturated heterocycles. The van der Waals surface area contributed by atoms with E-state index in [1.165, 1.54) is 10.7 Å². The number of carbonyl (C=O) groups is 1. The van der Waals surface area contributed by atoms with Gasteiger partial charge in [0.05, 0.1) is 18.5 Å². The monoisotopic (exact) mass is 337 g/mol. The summed E-state index contributed by atoms with van der Waals surface area (Å²) in [6.07, 6.45) is 1.54. The molecule has 2 aromatic heterocycles. The molecule has 0 spiro atoms. The summed E-state index contributed by atoms with van der Waals surface area (Å²) < 4.78 is 6.42. The third-order valence-corrected chi connectivity index (χ3v) is 3.96. The van der Waals surface area contributed by atoms with Crippen molar-refractivity contribution in [2.45, 2.75) is 25.9 Å². The maximum Gasteiger partial charge on any atom is 0.267 e. The van der Waals surface area contributed by atoms with Crippen LogP contribution in [-0.4, -0.2) is 15.7 Å². The molecule has 0 bridgehead atoms. The molecule has 3 rings (SSSR count). The Morgan fingerprint density at radius 1 is 1.12 bits per heavy atom. The van der Waals surface area contributed by atoms with E-state index in [0.717, 1.165) is 5.56 Å². The molecule has 0 radical (unpaired) electrons. The number of furan rings is 1. The predicted molar refractivity (Wildman–Crippen MR) is 93.8 cm³/mol. The van der Waals surface area contributed by atoms with Crippen molar-refractivity contribution in [2.24, 2.45) is 0 Å². The molecule has 2 heterocycles. The first kappa shape index (κ1) is 16.7. The number of hydrogen-bond donors (Lipinski definition) is 1. The molecule has 1 aromatic carbocycles. The molecule has 0 aliphatic heterocycles. The first-order chi connectivity index (χ1) is 12.0. The minimum Gasteiger partial charge on any atom is -0.467 e. The average Bonchev–Trinajstić information content (AvgIpc) is 3.14. The van der Waals surface area contributed by atoms with Gasteiger partial charge in [-0.15, -0.1) is 0 Å². The molecule has 25 heavy (non-hydrogen) atoms. The van der Waals surface area contributed by atoms with Crippen LogP contribution in [0.1, 0.15) is 19.6 Å². The van der Waals surface area contributed by atoms with E-state index in [1.54, 1.807) is 38.3 Å². The highest BCUT2D eigenvalue weighted by Gasteiger charge is 2.32. The van der Waals surface area contributed by atoms with E-state index < -0.39 is 5.54 Å². The molecule has 0 fully saturated rings. The molecule has 6 heteroatoms. The fourth-order valence-corrected chi connectivity index (χ4v) is 2.47. The standard InChI is InChI=1S/C19H19N3O3/c1-19(2,18(24)20-13-15-9-6-12-25-15)22-17(23)11-10-16(21-22)14-7-4-3-5-8-14/h3-12H,13H2,1-2H3,(H,20,24). The fourth-order valence-electron chi connectivity index (χ4n) is 2.47. The number of nitrogens with zero attached hydrogens (tertiary/aromatic N) is 2. The third kappa shape index (κ3) is 3.52. The van der Waals surface area contributed by atoms with Crippen LogP contribution in [0.2, 0.25) is 0 Å². The highest BCUT2D eigenvalue weighted by atomic mass is 16.3. The molecule has 0 saturated carbocycles. The van der Waals surface area contributed by atoms with Gasteiger partial charge in [-0.2, -0.15) is 5.10 Å². The maximum atomic E-state index is 12.6. The van der Waals surface area contributed by atoms with Gasteiger partial charge in [0.25, 0.3) is 5.56 Å². The number of amides is 1. The van der Waals surface area contributed by atoms with Crippen molar-refractivity contribution >= 4 is 5.91 Å². The number of aromatic nitrogens is 2. The van der Waals surface area contributed by atoms with Crippen LogP contribution in [0.15, 0.2) is 70.1 Å². The zero-order valence-electron chi connectivity index (χ0n) is 14.1. The Morgan fingerprint density at radius 2 is 1.88 bits per heavy atom. The first-order valence-electron chi connectivity index (χ1n) is 7.95. The normalized spacial score (nSPS) is 11.3. The topological polar surface area (TPSA) is 77.1 Å². The molecular weight excluding hydrogens is 318 g/mol. The Labute approximate surface area is 145 Å². The Kier molecular flexibility index (Phi) is 4.52. The van der Waals surface area contributed by atoms with Gasteiger partial charge in [0.2, 0.25) is 5.91 Å². The molecular formula is C19H19N3O3. The molecule has 128 valence electrons. The lowest BCUT2D eigenvalue weighted by Gasteiger charge is -2.25. The zero-order chi connectivity index (χ0) is 17.9. The highest BCUT2D eigenvalue weighted by molar-refractivity contribution is 5.83. The third-order valence-electron chi connectivity index (χ3n) is 3.96. The second-order valence-corrected chi connectivity index (χ2v) is 6.16. The molecule has 3 aromatic rings. The van der Waals surface area contributed by atoms with Gasteiger partial charge in [-0.3, -0.25) is 9.59 Å². The second-order valence-electron chi connectivity index (χ2n) is 6.16. The molecule has 0 unspecified atom stereocenters. The zero-order valence-corrected chi connectivity index (χ0v) is 14.1. The van der Waals surface area contributed by atoms with Crippen molar-refractivity contribution < 1.29 is 9.21 Å². The lowest BCUT2D eigenvalue weighted by Crippen LogP contribution is -2.49. The van der Waals surface area contributed by atoms with Gasteiger partial charge in [-0.1, -0.05) is 30.3 Å². The van der Waals surface area contributed by atoms with E-state index in [4.69, 9.17) is 4.42 Å². The van der Waals surface area contributed by atoms with Gasteiger partial charge in [0, 0.05) is 11.6 Å². The lowest BCUT2D eigenvalue weighted by atomic mass is 10.0. The van der Waals surface area contributed by atoms with Gasteiger partial charge in [0.15, 0.2) is 0 Å². The number of carbonyl (C=O) groups excluding carboxylic acids is 1. The lowest BCUT2D eigenvalue weighted by molar-refractivity contribution is -0.129. The summed E-state index contributed by atoms with van der Waals surface area (Å²) in [5.41, 5.74) is 0.0297. The van der Waals surface area contributed by atoms with Gasteiger partial charge in [0.1, 0.15) is 11.3 Å². The molecule has 1 amide bonds. The van der Waals surface area contributed by atoms with E-state index in [9.17, 15) is 9.59 Å². The Bertz CT molecular complexity index is 913. The van der Waals surface area contributed by atoms with Crippen LogP contribution in [0.5, 0.6) is 0 Å². The van der Waals surface area contributed by atoms with Crippen LogP contribution < -0.4 is 10.9 Å². The first-order valence-corrected chi connectivity index (χ1v) is 7.95. The van der Waals surface area contributed by atoms with Crippen molar-refractivity contribution in [3.8, 4) is 11.3 Å². The van der Waals surface area contributed by atoms with Crippen molar-refractivity contribution in [1.82, 2.24) is 15.1 Å². The Balaban J connectivity index is 1.88. The van der Waals surface area contributed by atoms with Gasteiger partial charge >= 0.3 is 0 Å². The predicted octanol–water partition coefficient (Wildman–Crippen LogP) is 2.55. The Hall–Kier alpha value is -3.15. The highest BCUT2D eigenvalue weighted by Crippen LogP contribution is 2.18. The number of hydrogen-bond acceptors (Lipinski definition) is 4. The van der Waals surface area contributed by atoms with E-state index in [0.29, 0.717) is 11.5 Å². The van der Waals surface area contributed by atoms with Gasteiger partial charge in [-0.05, 0) is 32.0 Å². The maximum absolute atomic E-state index is 12.6. The average molecular weight is 337 g/mol. The van der Waals surface area contributed by atoms with Crippen LogP contribution in [0.25, 0.3) is 11.3 Å². The van der Waals surface area contributed by atoms with E-state index in [1.807, 2.05) is 30.3 Å². The van der Waals surface area contributed by atoms with E-state index in [-0.39, 0.29) is 18.0 Å². The molecule has 6 nitrogen and oxygen atoms in total.